The van der Waals surface area contributed by atoms with Crippen molar-refractivity contribution >= 4 is 0 Å². The predicted molar refractivity (Wildman–Crippen MR) is 190 cm³/mol. The summed E-state index contributed by atoms with van der Waals surface area (Å²) in [6.07, 6.45) is 8.28. The molecule has 0 spiro atoms. The second kappa shape index (κ2) is 14.0. The molecule has 0 unspecified atom stereocenters. The Bertz CT molecular complexity index is 1790. The molecule has 0 heterocycles. The zero-order valence-corrected chi connectivity index (χ0v) is 29.1. The number of allylic oxidation sites excluding steroid dienone is 3. The summed E-state index contributed by atoms with van der Waals surface area (Å²) < 4.78 is 23.9. The van der Waals surface area contributed by atoms with Crippen molar-refractivity contribution in [1.82, 2.24) is 0 Å². The number of rotatable bonds is 12. The van der Waals surface area contributed by atoms with Gasteiger partial charge in [-0.2, -0.15) is 0 Å². The number of ether oxygens (including phenoxy) is 4. The molecule has 0 amide bonds. The van der Waals surface area contributed by atoms with Gasteiger partial charge in [0.1, 0.15) is 28.8 Å². The molecule has 0 saturated heterocycles. The van der Waals surface area contributed by atoms with Gasteiger partial charge in [-0.25, -0.2) is 0 Å². The fourth-order valence-electron chi connectivity index (χ4n) is 5.99. The molecule has 5 rings (SSSR count). The number of phenols is 1. The molecule has 0 saturated carbocycles. The molecule has 1 aliphatic rings. The number of hydrogen-bond acceptors (Lipinski definition) is 5. The van der Waals surface area contributed by atoms with E-state index in [0.717, 1.165) is 63.7 Å². The van der Waals surface area contributed by atoms with Crippen LogP contribution in [0, 0.1) is 27.7 Å². The van der Waals surface area contributed by atoms with Crippen molar-refractivity contribution in [3.63, 3.8) is 0 Å². The molecular weight excluding hydrogens is 584 g/mol. The lowest BCUT2D eigenvalue weighted by atomic mass is 9.77. The van der Waals surface area contributed by atoms with E-state index >= 15 is 0 Å². The molecule has 1 N–H and O–H groups in total. The van der Waals surface area contributed by atoms with Gasteiger partial charge in [0, 0.05) is 10.8 Å². The summed E-state index contributed by atoms with van der Waals surface area (Å²) in [6.45, 7) is 17.3. The molecule has 1 aliphatic carbocycles. The summed E-state index contributed by atoms with van der Waals surface area (Å²) in [5, 5.41) is 9.97. The zero-order chi connectivity index (χ0) is 33.8. The van der Waals surface area contributed by atoms with Crippen molar-refractivity contribution in [3.05, 3.63) is 141 Å². The number of hydrogen-bond donors (Lipinski definition) is 1. The first kappa shape index (κ1) is 33.7. The summed E-state index contributed by atoms with van der Waals surface area (Å²) in [7, 11) is 0. The number of aromatic hydroxyl groups is 1. The van der Waals surface area contributed by atoms with Crippen molar-refractivity contribution in [2.75, 3.05) is 13.6 Å². The average molecular weight is 633 g/mol. The van der Waals surface area contributed by atoms with E-state index in [-0.39, 0.29) is 24.4 Å². The molecule has 0 aromatic heterocycles. The Kier molecular flexibility index (Phi) is 10.0. The van der Waals surface area contributed by atoms with Crippen LogP contribution in [0.2, 0.25) is 0 Å². The van der Waals surface area contributed by atoms with E-state index in [4.69, 9.17) is 18.9 Å². The van der Waals surface area contributed by atoms with Crippen molar-refractivity contribution in [2.45, 2.75) is 79.1 Å². The van der Waals surface area contributed by atoms with Gasteiger partial charge in [-0.1, -0.05) is 82.3 Å². The molecule has 0 aliphatic heterocycles. The largest absolute Gasteiger partial charge is 0.508 e. The monoisotopic (exact) mass is 632 g/mol. The van der Waals surface area contributed by atoms with Crippen LogP contribution in [0.5, 0.6) is 23.0 Å². The molecule has 47 heavy (non-hydrogen) atoms. The van der Waals surface area contributed by atoms with Crippen LogP contribution < -0.4 is 14.2 Å². The van der Waals surface area contributed by atoms with Crippen LogP contribution in [0.15, 0.2) is 96.8 Å². The van der Waals surface area contributed by atoms with Gasteiger partial charge < -0.3 is 24.1 Å². The minimum Gasteiger partial charge on any atom is -0.508 e. The van der Waals surface area contributed by atoms with E-state index in [1.54, 1.807) is 6.07 Å². The lowest BCUT2D eigenvalue weighted by Gasteiger charge is -2.28. The molecule has 4 aromatic carbocycles. The standard InChI is InChI=1S/C42H48O5/c1-28-22-32(14-18-37(28)43)41(5,6)33-16-20-39(30(3)24-33)46-27-47-40-21-17-35(25-31(40)4)42(7,8)34-15-19-38(29(2)23-34)45-26-44-36-12-10-9-11-13-36/h10,12-25,43H,9,11,26-27H2,1-8H3. The SMILES string of the molecule is Cc1cc(C(C)(C)c2ccc(OCOc3ccc(C(C)(C)c4ccc(OCOC5=CCCC=C5)c(C)c4)cc3C)c(C)c2)ccc1O. The normalized spacial score (nSPS) is 13.2. The summed E-state index contributed by atoms with van der Waals surface area (Å²) in [5.74, 6) is 3.60. The highest BCUT2D eigenvalue weighted by Gasteiger charge is 2.26. The zero-order valence-electron chi connectivity index (χ0n) is 29.1. The third-order valence-corrected chi connectivity index (χ3v) is 9.44. The number of aryl methyl sites for hydroxylation is 4. The van der Waals surface area contributed by atoms with Crippen molar-refractivity contribution in [1.29, 1.82) is 0 Å². The lowest BCUT2D eigenvalue weighted by Crippen LogP contribution is -2.20. The van der Waals surface area contributed by atoms with E-state index in [2.05, 4.69) is 103 Å². The Morgan fingerprint density at radius 1 is 0.532 bits per heavy atom. The number of phenolic OH excluding ortho intramolecular Hbond substituents is 1. The summed E-state index contributed by atoms with van der Waals surface area (Å²) >= 11 is 0. The van der Waals surface area contributed by atoms with Gasteiger partial charge in [0.25, 0.3) is 0 Å². The van der Waals surface area contributed by atoms with Gasteiger partial charge in [-0.05, 0) is 121 Å². The summed E-state index contributed by atoms with van der Waals surface area (Å²) in [5.41, 5.74) is 8.34. The molecule has 4 aromatic rings. The Labute approximate surface area is 280 Å². The van der Waals surface area contributed by atoms with E-state index in [0.29, 0.717) is 5.75 Å². The fraction of sp³-hybridized carbons (Fsp3) is 0.333. The maximum absolute atomic E-state index is 9.97. The minimum atomic E-state index is -0.224. The maximum Gasteiger partial charge on any atom is 0.230 e. The second-order valence-electron chi connectivity index (χ2n) is 13.6. The highest BCUT2D eigenvalue weighted by Crippen LogP contribution is 2.37. The molecule has 0 atom stereocenters. The molecule has 0 fully saturated rings. The molecule has 0 radical (unpaired) electrons. The Morgan fingerprint density at radius 2 is 0.936 bits per heavy atom. The van der Waals surface area contributed by atoms with Gasteiger partial charge in [0.15, 0.2) is 0 Å². The summed E-state index contributed by atoms with van der Waals surface area (Å²) in [4.78, 5) is 0. The first-order valence-corrected chi connectivity index (χ1v) is 16.4. The Morgan fingerprint density at radius 3 is 1.32 bits per heavy atom. The Balaban J connectivity index is 1.19. The van der Waals surface area contributed by atoms with Crippen LogP contribution in [0.25, 0.3) is 0 Å². The maximum atomic E-state index is 9.97. The summed E-state index contributed by atoms with van der Waals surface area (Å²) in [6, 6.07) is 24.8. The first-order valence-electron chi connectivity index (χ1n) is 16.4. The van der Waals surface area contributed by atoms with E-state index < -0.39 is 0 Å². The van der Waals surface area contributed by atoms with Gasteiger partial charge in [0.05, 0.1) is 0 Å². The average Bonchev–Trinajstić information content (AvgIpc) is 3.04. The van der Waals surface area contributed by atoms with Crippen LogP contribution in [0.1, 0.15) is 85.0 Å². The van der Waals surface area contributed by atoms with E-state index in [1.165, 1.54) is 16.7 Å². The molecular formula is C42H48O5. The number of benzene rings is 4. The van der Waals surface area contributed by atoms with Crippen LogP contribution in [0.4, 0.5) is 0 Å². The minimum absolute atomic E-state index is 0.113. The van der Waals surface area contributed by atoms with Gasteiger partial charge in [-0.15, -0.1) is 0 Å². The highest BCUT2D eigenvalue weighted by molar-refractivity contribution is 5.48. The Hall–Kier alpha value is -4.64. The molecule has 0 bridgehead atoms. The highest BCUT2D eigenvalue weighted by atomic mass is 16.7. The van der Waals surface area contributed by atoms with E-state index in [1.807, 2.05) is 37.3 Å². The van der Waals surface area contributed by atoms with Crippen LogP contribution in [0.3, 0.4) is 0 Å². The third-order valence-electron chi connectivity index (χ3n) is 9.44. The molecule has 5 heteroatoms. The van der Waals surface area contributed by atoms with Gasteiger partial charge in [0.2, 0.25) is 13.6 Å². The first-order chi connectivity index (χ1) is 22.4. The van der Waals surface area contributed by atoms with Gasteiger partial charge >= 0.3 is 0 Å². The van der Waals surface area contributed by atoms with Gasteiger partial charge in [-0.3, -0.25) is 0 Å². The van der Waals surface area contributed by atoms with Crippen LogP contribution in [-0.2, 0) is 15.6 Å². The van der Waals surface area contributed by atoms with Crippen LogP contribution >= 0.6 is 0 Å². The van der Waals surface area contributed by atoms with Crippen molar-refractivity contribution in [2.24, 2.45) is 0 Å². The van der Waals surface area contributed by atoms with Crippen molar-refractivity contribution < 1.29 is 24.1 Å². The van der Waals surface area contributed by atoms with Crippen LogP contribution in [-0.4, -0.2) is 18.7 Å². The predicted octanol–water partition coefficient (Wildman–Crippen LogP) is 10.3. The second-order valence-corrected chi connectivity index (χ2v) is 13.6. The lowest BCUT2D eigenvalue weighted by molar-refractivity contribution is 0.0657. The third kappa shape index (κ3) is 7.68. The van der Waals surface area contributed by atoms with Crippen molar-refractivity contribution in [3.8, 4) is 23.0 Å². The quantitative estimate of drug-likeness (QED) is 0.158. The molecule has 246 valence electrons. The van der Waals surface area contributed by atoms with E-state index in [9.17, 15) is 5.11 Å². The fourth-order valence-corrected chi connectivity index (χ4v) is 5.99. The smallest absolute Gasteiger partial charge is 0.230 e. The topological polar surface area (TPSA) is 57.2 Å². The molecule has 5 nitrogen and oxygen atoms in total.